The standard InChI is InChI=1S/C30H26FN5O4S/c1-3-36-16-22(33-17-36)26-15-21-27(41-26)25(10-13-32-21)40-23-9-8-18(14-19(23)31)34-28(37)30(11-12-30)29(38)35-20-6-4-5-7-24(20)39-2/h4-10,13-17H,3,11-12H2,1-2H3,(H,34,37)(H,35,38). The molecule has 0 saturated heterocycles. The molecule has 2 aromatic carbocycles. The second kappa shape index (κ2) is 10.7. The molecule has 0 bridgehead atoms. The van der Waals surface area contributed by atoms with Crippen molar-refractivity contribution >= 4 is 44.7 Å². The Kier molecular flexibility index (Phi) is 6.88. The van der Waals surface area contributed by atoms with Gasteiger partial charge in [0.25, 0.3) is 0 Å². The van der Waals surface area contributed by atoms with Gasteiger partial charge in [0.15, 0.2) is 11.6 Å². The number of para-hydroxylation sites is 2. The van der Waals surface area contributed by atoms with Gasteiger partial charge in [-0.1, -0.05) is 12.1 Å². The molecule has 1 aliphatic rings. The highest BCUT2D eigenvalue weighted by Crippen LogP contribution is 2.48. The lowest BCUT2D eigenvalue weighted by Gasteiger charge is -2.17. The van der Waals surface area contributed by atoms with E-state index in [0.717, 1.165) is 27.3 Å². The quantitative estimate of drug-likeness (QED) is 0.196. The number of imidazole rings is 1. The molecule has 0 atom stereocenters. The molecule has 1 saturated carbocycles. The number of benzene rings is 2. The number of thiophene rings is 1. The van der Waals surface area contributed by atoms with Crippen molar-refractivity contribution < 1.29 is 23.5 Å². The van der Waals surface area contributed by atoms with E-state index in [0.29, 0.717) is 30.0 Å². The minimum Gasteiger partial charge on any atom is -0.495 e. The van der Waals surface area contributed by atoms with Crippen molar-refractivity contribution in [3.63, 3.8) is 0 Å². The van der Waals surface area contributed by atoms with Crippen molar-refractivity contribution in [3.05, 3.63) is 79.1 Å². The van der Waals surface area contributed by atoms with Crippen LogP contribution >= 0.6 is 11.3 Å². The zero-order valence-corrected chi connectivity index (χ0v) is 23.1. The van der Waals surface area contributed by atoms with Gasteiger partial charge in [0.05, 0.1) is 39.9 Å². The van der Waals surface area contributed by atoms with Crippen LogP contribution in [0.3, 0.4) is 0 Å². The van der Waals surface area contributed by atoms with E-state index < -0.39 is 23.0 Å². The minimum absolute atomic E-state index is 0.00393. The maximum absolute atomic E-state index is 15.1. The number of fused-ring (bicyclic) bond motifs is 1. The van der Waals surface area contributed by atoms with Crippen molar-refractivity contribution in [1.82, 2.24) is 14.5 Å². The summed E-state index contributed by atoms with van der Waals surface area (Å²) in [6.45, 7) is 2.86. The number of carbonyl (C=O) groups is 2. The van der Waals surface area contributed by atoms with Gasteiger partial charge in [-0.25, -0.2) is 9.37 Å². The van der Waals surface area contributed by atoms with Crippen LogP contribution in [-0.4, -0.2) is 33.5 Å². The lowest BCUT2D eigenvalue weighted by Crippen LogP contribution is -2.35. The number of aromatic nitrogens is 3. The average molecular weight is 572 g/mol. The van der Waals surface area contributed by atoms with Crippen LogP contribution in [0.5, 0.6) is 17.2 Å². The Bertz CT molecular complexity index is 1780. The summed E-state index contributed by atoms with van der Waals surface area (Å²) in [4.78, 5) is 35.9. The summed E-state index contributed by atoms with van der Waals surface area (Å²) < 4.78 is 29.1. The smallest absolute Gasteiger partial charge is 0.240 e. The van der Waals surface area contributed by atoms with Crippen LogP contribution in [0.2, 0.25) is 0 Å². The first-order chi connectivity index (χ1) is 19.9. The molecule has 0 aliphatic heterocycles. The lowest BCUT2D eigenvalue weighted by atomic mass is 10.0. The van der Waals surface area contributed by atoms with Gasteiger partial charge < -0.3 is 24.7 Å². The molecular weight excluding hydrogens is 545 g/mol. The average Bonchev–Trinajstić information content (AvgIpc) is 3.45. The first-order valence-electron chi connectivity index (χ1n) is 13.0. The maximum Gasteiger partial charge on any atom is 0.240 e. The molecular formula is C30H26FN5O4S. The van der Waals surface area contributed by atoms with Crippen LogP contribution in [0.1, 0.15) is 19.8 Å². The van der Waals surface area contributed by atoms with Crippen molar-refractivity contribution in [1.29, 1.82) is 0 Å². The van der Waals surface area contributed by atoms with Gasteiger partial charge in [-0.3, -0.25) is 14.6 Å². The number of methoxy groups -OCH3 is 1. The van der Waals surface area contributed by atoms with Crippen LogP contribution in [0.4, 0.5) is 15.8 Å². The molecule has 11 heteroatoms. The molecule has 6 rings (SSSR count). The number of anilines is 2. The number of rotatable bonds is 9. The Morgan fingerprint density at radius 2 is 1.83 bits per heavy atom. The molecule has 208 valence electrons. The predicted octanol–water partition coefficient (Wildman–Crippen LogP) is 6.48. The summed E-state index contributed by atoms with van der Waals surface area (Å²) in [7, 11) is 1.50. The van der Waals surface area contributed by atoms with E-state index in [1.165, 1.54) is 30.6 Å². The van der Waals surface area contributed by atoms with Gasteiger partial charge in [0.1, 0.15) is 16.9 Å². The van der Waals surface area contributed by atoms with E-state index in [1.807, 2.05) is 23.8 Å². The third-order valence-electron chi connectivity index (χ3n) is 7.01. The Labute approximate surface area is 239 Å². The molecule has 41 heavy (non-hydrogen) atoms. The number of carbonyl (C=O) groups excluding carboxylic acids is 2. The van der Waals surface area contributed by atoms with Crippen LogP contribution in [0.25, 0.3) is 20.8 Å². The van der Waals surface area contributed by atoms with Crippen LogP contribution in [0, 0.1) is 11.2 Å². The summed E-state index contributed by atoms with van der Waals surface area (Å²) in [6.07, 6.45) is 6.13. The predicted molar refractivity (Wildman–Crippen MR) is 155 cm³/mol. The van der Waals surface area contributed by atoms with Gasteiger partial charge in [0, 0.05) is 36.8 Å². The SMILES string of the molecule is CCn1cnc(-c2cc3nccc(Oc4ccc(NC(=O)C5(C(=O)Nc6ccccc6OC)CC5)cc4F)c3s2)c1. The minimum atomic E-state index is -1.22. The van der Waals surface area contributed by atoms with E-state index in [4.69, 9.17) is 9.47 Å². The second-order valence-corrected chi connectivity index (χ2v) is 10.7. The van der Waals surface area contributed by atoms with E-state index in [2.05, 4.69) is 20.6 Å². The number of ether oxygens (including phenoxy) is 2. The Morgan fingerprint density at radius 3 is 2.56 bits per heavy atom. The van der Waals surface area contributed by atoms with Gasteiger partial charge in [0.2, 0.25) is 11.8 Å². The zero-order valence-electron chi connectivity index (χ0n) is 22.3. The monoisotopic (exact) mass is 571 g/mol. The topological polar surface area (TPSA) is 107 Å². The molecule has 5 aromatic rings. The summed E-state index contributed by atoms with van der Waals surface area (Å²) in [5, 5.41) is 5.47. The van der Waals surface area contributed by atoms with E-state index in [-0.39, 0.29) is 11.4 Å². The van der Waals surface area contributed by atoms with Crippen molar-refractivity contribution in [2.24, 2.45) is 5.41 Å². The lowest BCUT2D eigenvalue weighted by molar-refractivity contribution is -0.131. The summed E-state index contributed by atoms with van der Waals surface area (Å²) in [5.41, 5.74) is 1.03. The first-order valence-corrected chi connectivity index (χ1v) is 13.9. The number of pyridine rings is 1. The van der Waals surface area contributed by atoms with Gasteiger partial charge >= 0.3 is 0 Å². The highest BCUT2D eigenvalue weighted by atomic mass is 32.1. The Balaban J connectivity index is 1.16. The second-order valence-electron chi connectivity index (χ2n) is 9.66. The fourth-order valence-corrected chi connectivity index (χ4v) is 5.51. The number of nitrogens with one attached hydrogen (secondary N) is 2. The molecule has 3 aromatic heterocycles. The number of nitrogens with zero attached hydrogens (tertiary/aromatic N) is 3. The highest BCUT2D eigenvalue weighted by Gasteiger charge is 2.56. The third kappa shape index (κ3) is 5.11. The number of aryl methyl sites for hydroxylation is 1. The van der Waals surface area contributed by atoms with Crippen LogP contribution in [-0.2, 0) is 16.1 Å². The van der Waals surface area contributed by atoms with E-state index >= 15 is 4.39 Å². The summed E-state index contributed by atoms with van der Waals surface area (Å²) in [6, 6.07) is 14.8. The third-order valence-corrected chi connectivity index (χ3v) is 8.17. The van der Waals surface area contributed by atoms with E-state index in [9.17, 15) is 9.59 Å². The number of halogens is 1. The molecule has 9 nitrogen and oxygen atoms in total. The first kappa shape index (κ1) is 26.5. The highest BCUT2D eigenvalue weighted by molar-refractivity contribution is 7.22. The molecule has 3 heterocycles. The van der Waals surface area contributed by atoms with Crippen molar-refractivity contribution in [2.75, 3.05) is 17.7 Å². The van der Waals surface area contributed by atoms with Crippen molar-refractivity contribution in [3.8, 4) is 27.8 Å². The fourth-order valence-electron chi connectivity index (χ4n) is 4.48. The van der Waals surface area contributed by atoms with Crippen LogP contribution in [0.15, 0.2) is 73.3 Å². The van der Waals surface area contributed by atoms with Crippen LogP contribution < -0.4 is 20.1 Å². The van der Waals surface area contributed by atoms with Crippen molar-refractivity contribution in [2.45, 2.75) is 26.3 Å². The van der Waals surface area contributed by atoms with Gasteiger partial charge in [-0.15, -0.1) is 11.3 Å². The Hall–Kier alpha value is -4.77. The number of hydrogen-bond acceptors (Lipinski definition) is 7. The molecule has 2 N–H and O–H groups in total. The van der Waals surface area contributed by atoms with Gasteiger partial charge in [-0.05, 0) is 50.1 Å². The van der Waals surface area contributed by atoms with E-state index in [1.54, 1.807) is 48.9 Å². The number of amides is 2. The molecule has 2 amide bonds. The summed E-state index contributed by atoms with van der Waals surface area (Å²) in [5.74, 6) is -0.636. The molecule has 1 aliphatic carbocycles. The largest absolute Gasteiger partial charge is 0.495 e. The zero-order chi connectivity index (χ0) is 28.6. The Morgan fingerprint density at radius 1 is 1.02 bits per heavy atom. The maximum atomic E-state index is 15.1. The molecule has 0 unspecified atom stereocenters. The fraction of sp³-hybridized carbons (Fsp3) is 0.200. The number of hydrogen-bond donors (Lipinski definition) is 2. The van der Waals surface area contributed by atoms with Gasteiger partial charge in [-0.2, -0.15) is 0 Å². The normalized spacial score (nSPS) is 13.5. The molecule has 1 fully saturated rings. The molecule has 0 radical (unpaired) electrons. The molecule has 0 spiro atoms. The summed E-state index contributed by atoms with van der Waals surface area (Å²) >= 11 is 1.46.